The number of halogens is 2. The van der Waals surface area contributed by atoms with Crippen LogP contribution in [0.15, 0.2) is 23.1 Å². The van der Waals surface area contributed by atoms with Crippen molar-refractivity contribution in [2.75, 3.05) is 18.8 Å². The van der Waals surface area contributed by atoms with Crippen molar-refractivity contribution in [3.05, 3.63) is 29.8 Å². The van der Waals surface area contributed by atoms with Crippen molar-refractivity contribution in [3.63, 3.8) is 0 Å². The minimum Gasteiger partial charge on any atom is -0.317 e. The van der Waals surface area contributed by atoms with Crippen molar-refractivity contribution in [2.24, 2.45) is 0 Å². The second-order valence-electron chi connectivity index (χ2n) is 3.60. The van der Waals surface area contributed by atoms with Gasteiger partial charge >= 0.3 is 0 Å². The molecule has 0 heterocycles. The zero-order chi connectivity index (χ0) is 12.9. The van der Waals surface area contributed by atoms with E-state index < -0.39 is 26.4 Å². The largest absolute Gasteiger partial charge is 0.317 e. The zero-order valence-corrected chi connectivity index (χ0v) is 10.4. The Morgan fingerprint density at radius 2 is 2.00 bits per heavy atom. The first kappa shape index (κ1) is 14.1. The third kappa shape index (κ3) is 4.05. The zero-order valence-electron chi connectivity index (χ0n) is 9.54. The summed E-state index contributed by atoms with van der Waals surface area (Å²) in [6.45, 7) is 3.22. The molecule has 0 aliphatic carbocycles. The van der Waals surface area contributed by atoms with Gasteiger partial charge in [-0.3, -0.25) is 0 Å². The SMILES string of the molecule is CCNCCCS(=O)(=O)c1ccc(F)cc1F. The number of sulfone groups is 1. The molecule has 0 saturated heterocycles. The fourth-order valence-corrected chi connectivity index (χ4v) is 2.78. The maximum absolute atomic E-state index is 13.3. The molecule has 0 aliphatic rings. The van der Waals surface area contributed by atoms with Gasteiger partial charge in [0.05, 0.1) is 5.75 Å². The molecule has 1 aromatic carbocycles. The molecule has 0 bridgehead atoms. The van der Waals surface area contributed by atoms with Gasteiger partial charge in [-0.15, -0.1) is 0 Å². The minimum atomic E-state index is -3.67. The van der Waals surface area contributed by atoms with Crippen LogP contribution in [0, 0.1) is 11.6 Å². The third-order valence-electron chi connectivity index (χ3n) is 2.25. The van der Waals surface area contributed by atoms with Crippen LogP contribution in [-0.2, 0) is 9.84 Å². The van der Waals surface area contributed by atoms with E-state index in [0.717, 1.165) is 18.7 Å². The molecule has 96 valence electrons. The number of hydrogen-bond donors (Lipinski definition) is 1. The molecular formula is C11H15F2NO2S. The van der Waals surface area contributed by atoms with Gasteiger partial charge in [0.15, 0.2) is 9.84 Å². The van der Waals surface area contributed by atoms with Crippen molar-refractivity contribution in [2.45, 2.75) is 18.2 Å². The molecule has 17 heavy (non-hydrogen) atoms. The molecular weight excluding hydrogens is 248 g/mol. The van der Waals surface area contributed by atoms with Crippen LogP contribution in [0.3, 0.4) is 0 Å². The van der Waals surface area contributed by atoms with Crippen LogP contribution in [-0.4, -0.2) is 27.3 Å². The predicted molar refractivity (Wildman–Crippen MR) is 61.6 cm³/mol. The lowest BCUT2D eigenvalue weighted by atomic mass is 10.3. The van der Waals surface area contributed by atoms with Crippen LogP contribution in [0.25, 0.3) is 0 Å². The fourth-order valence-electron chi connectivity index (χ4n) is 1.40. The average molecular weight is 263 g/mol. The summed E-state index contributed by atoms with van der Waals surface area (Å²) in [5, 5.41) is 2.98. The maximum Gasteiger partial charge on any atom is 0.181 e. The van der Waals surface area contributed by atoms with Crippen LogP contribution >= 0.6 is 0 Å². The summed E-state index contributed by atoms with van der Waals surface area (Å²) in [6, 6.07) is 2.49. The van der Waals surface area contributed by atoms with Gasteiger partial charge in [0.2, 0.25) is 0 Å². The first-order valence-electron chi connectivity index (χ1n) is 5.36. The molecule has 0 atom stereocenters. The Bertz CT molecular complexity index is 474. The Balaban J connectivity index is 2.76. The molecule has 3 nitrogen and oxygen atoms in total. The highest BCUT2D eigenvalue weighted by molar-refractivity contribution is 7.91. The van der Waals surface area contributed by atoms with Crippen LogP contribution in [0.1, 0.15) is 13.3 Å². The van der Waals surface area contributed by atoms with Gasteiger partial charge in [-0.05, 0) is 31.6 Å². The standard InChI is InChI=1S/C11H15F2NO2S/c1-2-14-6-3-7-17(15,16)11-5-4-9(12)8-10(11)13/h4-5,8,14H,2-3,6-7H2,1H3. The maximum atomic E-state index is 13.3. The minimum absolute atomic E-state index is 0.150. The Labute approximate surface area is 99.8 Å². The van der Waals surface area contributed by atoms with E-state index in [-0.39, 0.29) is 5.75 Å². The van der Waals surface area contributed by atoms with E-state index in [0.29, 0.717) is 19.0 Å². The normalized spacial score (nSPS) is 11.7. The summed E-state index contributed by atoms with van der Waals surface area (Å²) < 4.78 is 49.4. The van der Waals surface area contributed by atoms with E-state index in [1.165, 1.54) is 0 Å². The molecule has 0 radical (unpaired) electrons. The topological polar surface area (TPSA) is 46.2 Å². The number of nitrogens with one attached hydrogen (secondary N) is 1. The summed E-state index contributed by atoms with van der Waals surface area (Å²) in [5.74, 6) is -1.97. The second-order valence-corrected chi connectivity index (χ2v) is 5.68. The van der Waals surface area contributed by atoms with Crippen LogP contribution in [0.4, 0.5) is 8.78 Å². The lowest BCUT2D eigenvalue weighted by Gasteiger charge is -2.06. The number of rotatable bonds is 6. The molecule has 1 N–H and O–H groups in total. The molecule has 1 rings (SSSR count). The first-order chi connectivity index (χ1) is 7.97. The van der Waals surface area contributed by atoms with Gasteiger partial charge in [-0.25, -0.2) is 17.2 Å². The second kappa shape index (κ2) is 6.07. The first-order valence-corrected chi connectivity index (χ1v) is 7.01. The van der Waals surface area contributed by atoms with Gasteiger partial charge in [0.25, 0.3) is 0 Å². The monoisotopic (exact) mass is 263 g/mol. The smallest absolute Gasteiger partial charge is 0.181 e. The summed E-state index contributed by atoms with van der Waals surface area (Å²) in [4.78, 5) is -0.435. The van der Waals surface area contributed by atoms with Crippen LogP contribution < -0.4 is 5.32 Å². The summed E-state index contributed by atoms with van der Waals surface area (Å²) in [6.07, 6.45) is 0.396. The molecule has 0 spiro atoms. The number of hydrogen-bond acceptors (Lipinski definition) is 3. The lowest BCUT2D eigenvalue weighted by molar-refractivity contribution is 0.547. The average Bonchev–Trinajstić information content (AvgIpc) is 2.24. The van der Waals surface area contributed by atoms with E-state index in [1.54, 1.807) is 0 Å². The van der Waals surface area contributed by atoms with Crippen molar-refractivity contribution in [3.8, 4) is 0 Å². The van der Waals surface area contributed by atoms with Crippen molar-refractivity contribution < 1.29 is 17.2 Å². The Morgan fingerprint density at radius 3 is 2.59 bits per heavy atom. The molecule has 1 aromatic rings. The third-order valence-corrected chi connectivity index (χ3v) is 4.07. The highest BCUT2D eigenvalue weighted by Crippen LogP contribution is 2.17. The van der Waals surface area contributed by atoms with Gasteiger partial charge < -0.3 is 5.32 Å². The van der Waals surface area contributed by atoms with E-state index in [1.807, 2.05) is 6.92 Å². The summed E-state index contributed by atoms with van der Waals surface area (Å²) >= 11 is 0. The summed E-state index contributed by atoms with van der Waals surface area (Å²) in [5.41, 5.74) is 0. The molecule has 6 heteroatoms. The highest BCUT2D eigenvalue weighted by Gasteiger charge is 2.18. The Hall–Kier alpha value is -1.01. The lowest BCUT2D eigenvalue weighted by Crippen LogP contribution is -2.18. The quantitative estimate of drug-likeness (QED) is 0.628. The van der Waals surface area contributed by atoms with Gasteiger partial charge in [0.1, 0.15) is 16.5 Å². The molecule has 0 amide bonds. The molecule has 0 fully saturated rings. The van der Waals surface area contributed by atoms with E-state index in [9.17, 15) is 17.2 Å². The van der Waals surface area contributed by atoms with E-state index >= 15 is 0 Å². The van der Waals surface area contributed by atoms with Crippen LogP contribution in [0.2, 0.25) is 0 Å². The van der Waals surface area contributed by atoms with Crippen LogP contribution in [0.5, 0.6) is 0 Å². The summed E-state index contributed by atoms with van der Waals surface area (Å²) in [7, 11) is -3.67. The molecule has 0 aliphatic heterocycles. The molecule has 0 saturated carbocycles. The van der Waals surface area contributed by atoms with Gasteiger partial charge in [-0.2, -0.15) is 0 Å². The van der Waals surface area contributed by atoms with Gasteiger partial charge in [0, 0.05) is 6.07 Å². The molecule has 0 aromatic heterocycles. The highest BCUT2D eigenvalue weighted by atomic mass is 32.2. The van der Waals surface area contributed by atoms with E-state index in [4.69, 9.17) is 0 Å². The van der Waals surface area contributed by atoms with Gasteiger partial charge in [-0.1, -0.05) is 6.92 Å². The van der Waals surface area contributed by atoms with Crippen molar-refractivity contribution in [1.82, 2.24) is 5.32 Å². The van der Waals surface area contributed by atoms with Crippen molar-refractivity contribution in [1.29, 1.82) is 0 Å². The molecule has 0 unspecified atom stereocenters. The fraction of sp³-hybridized carbons (Fsp3) is 0.455. The Kier molecular flexibility index (Phi) is 5.02. The van der Waals surface area contributed by atoms with Crippen molar-refractivity contribution >= 4 is 9.84 Å². The number of benzene rings is 1. The predicted octanol–water partition coefficient (Wildman–Crippen LogP) is 1.74. The van der Waals surface area contributed by atoms with E-state index in [2.05, 4.69) is 5.32 Å². The Morgan fingerprint density at radius 1 is 1.29 bits per heavy atom.